The van der Waals surface area contributed by atoms with Gasteiger partial charge >= 0.3 is 13.2 Å². The van der Waals surface area contributed by atoms with E-state index < -0.39 is 24.4 Å². The fourth-order valence-corrected chi connectivity index (χ4v) is 3.09. The van der Waals surface area contributed by atoms with Crippen LogP contribution in [-0.4, -0.2) is 46.1 Å². The Labute approximate surface area is 135 Å². The van der Waals surface area contributed by atoms with Crippen LogP contribution in [0.1, 0.15) is 49.5 Å². The molecular formula is C16H20BNO5. The number of amides is 1. The lowest BCUT2D eigenvalue weighted by molar-refractivity contribution is 0.0107. The summed E-state index contributed by atoms with van der Waals surface area (Å²) in [4.78, 5) is 26.4. The summed E-state index contributed by atoms with van der Waals surface area (Å²) in [6.45, 7) is 5.34. The molecule has 0 radical (unpaired) electrons. The maximum absolute atomic E-state index is 12.5. The van der Waals surface area contributed by atoms with E-state index in [-0.39, 0.29) is 12.3 Å². The van der Waals surface area contributed by atoms with Crippen molar-refractivity contribution in [2.75, 3.05) is 6.54 Å². The molecule has 1 heterocycles. The van der Waals surface area contributed by atoms with Crippen molar-refractivity contribution in [2.24, 2.45) is 0 Å². The number of carbonyl (C=O) groups excluding carboxylic acids is 2. The van der Waals surface area contributed by atoms with Crippen LogP contribution in [0.4, 0.5) is 4.79 Å². The fraction of sp³-hybridized carbons (Fsp3) is 0.500. The molecule has 23 heavy (non-hydrogen) atoms. The predicted octanol–water partition coefficient (Wildman–Crippen LogP) is 0.789. The maximum Gasteiger partial charge on any atom is 0.488 e. The van der Waals surface area contributed by atoms with Crippen molar-refractivity contribution in [3.8, 4) is 0 Å². The van der Waals surface area contributed by atoms with Crippen molar-refractivity contribution in [3.05, 3.63) is 29.3 Å². The van der Waals surface area contributed by atoms with Crippen LogP contribution in [-0.2, 0) is 10.3 Å². The lowest BCUT2D eigenvalue weighted by atomic mass is 9.76. The molecule has 0 bridgehead atoms. The van der Waals surface area contributed by atoms with Crippen molar-refractivity contribution in [1.82, 2.24) is 4.90 Å². The molecule has 1 spiro atoms. The molecule has 1 aromatic carbocycles. The zero-order valence-corrected chi connectivity index (χ0v) is 13.5. The van der Waals surface area contributed by atoms with E-state index in [1.54, 1.807) is 32.9 Å². The Morgan fingerprint density at radius 1 is 1.30 bits per heavy atom. The number of Topliss-reactive ketones (excluding diaryl/α,β-unsaturated/α-hetero) is 1. The molecule has 2 aliphatic rings. The standard InChI is InChI=1S/C16H20BNO5/c1-15(2,3)23-14(20)18-9-13(19)11-5-4-10(17(21)22)8-12(11)16(18)6-7-16/h4-5,8,21-22H,6-7,9H2,1-3H3. The number of nitrogens with zero attached hydrogens (tertiary/aromatic N) is 1. The third kappa shape index (κ3) is 2.75. The first-order valence-corrected chi connectivity index (χ1v) is 7.68. The SMILES string of the molecule is CC(C)(C)OC(=O)N1CC(=O)c2ccc(B(O)O)cc2C12CC2. The van der Waals surface area contributed by atoms with E-state index in [0.717, 1.165) is 12.8 Å². The minimum absolute atomic E-state index is 0.0110. The van der Waals surface area contributed by atoms with Crippen LogP contribution >= 0.6 is 0 Å². The van der Waals surface area contributed by atoms with Crippen molar-refractivity contribution in [2.45, 2.75) is 44.8 Å². The number of rotatable bonds is 1. The molecule has 1 aliphatic heterocycles. The first kappa shape index (κ1) is 16.0. The van der Waals surface area contributed by atoms with E-state index >= 15 is 0 Å². The first-order valence-electron chi connectivity index (χ1n) is 7.68. The predicted molar refractivity (Wildman–Crippen MR) is 84.5 cm³/mol. The number of hydrogen-bond acceptors (Lipinski definition) is 5. The van der Waals surface area contributed by atoms with Crippen LogP contribution < -0.4 is 5.46 Å². The van der Waals surface area contributed by atoms with E-state index in [9.17, 15) is 19.6 Å². The third-order valence-electron chi connectivity index (χ3n) is 4.30. The van der Waals surface area contributed by atoms with Gasteiger partial charge in [0.25, 0.3) is 0 Å². The molecular weight excluding hydrogens is 297 g/mol. The van der Waals surface area contributed by atoms with Gasteiger partial charge in [0.15, 0.2) is 5.78 Å². The summed E-state index contributed by atoms with van der Waals surface area (Å²) in [5, 5.41) is 18.8. The van der Waals surface area contributed by atoms with Crippen LogP contribution in [0.3, 0.4) is 0 Å². The Kier molecular flexibility index (Phi) is 3.53. The van der Waals surface area contributed by atoms with Gasteiger partial charge in [-0.15, -0.1) is 0 Å². The van der Waals surface area contributed by atoms with Crippen molar-refractivity contribution < 1.29 is 24.4 Å². The quantitative estimate of drug-likeness (QED) is 0.748. The van der Waals surface area contributed by atoms with Crippen LogP contribution in [0, 0.1) is 0 Å². The van der Waals surface area contributed by atoms with Gasteiger partial charge in [0, 0.05) is 5.56 Å². The van der Waals surface area contributed by atoms with Gasteiger partial charge in [-0.3, -0.25) is 9.69 Å². The highest BCUT2D eigenvalue weighted by Gasteiger charge is 2.57. The Morgan fingerprint density at radius 2 is 1.96 bits per heavy atom. The third-order valence-corrected chi connectivity index (χ3v) is 4.30. The number of fused-ring (bicyclic) bond motifs is 2. The number of carbonyl (C=O) groups is 2. The van der Waals surface area contributed by atoms with Gasteiger partial charge in [0.2, 0.25) is 0 Å². The lowest BCUT2D eigenvalue weighted by Gasteiger charge is -2.38. The van der Waals surface area contributed by atoms with Gasteiger partial charge < -0.3 is 14.8 Å². The van der Waals surface area contributed by atoms with Gasteiger partial charge in [0.1, 0.15) is 5.60 Å². The Morgan fingerprint density at radius 3 is 2.48 bits per heavy atom. The molecule has 0 atom stereocenters. The van der Waals surface area contributed by atoms with Gasteiger partial charge in [0.05, 0.1) is 12.1 Å². The van der Waals surface area contributed by atoms with E-state index in [1.165, 1.54) is 11.0 Å². The van der Waals surface area contributed by atoms with Crippen LogP contribution in [0.25, 0.3) is 0 Å². The van der Waals surface area contributed by atoms with Gasteiger partial charge in [-0.2, -0.15) is 0 Å². The molecule has 1 aromatic rings. The second-order valence-electron chi connectivity index (χ2n) is 7.20. The monoisotopic (exact) mass is 317 g/mol. The zero-order chi connectivity index (χ0) is 17.0. The molecule has 1 fully saturated rings. The minimum atomic E-state index is -1.61. The van der Waals surface area contributed by atoms with E-state index in [1.807, 2.05) is 0 Å². The molecule has 7 heteroatoms. The summed E-state index contributed by atoms with van der Waals surface area (Å²) in [6, 6.07) is 4.75. The van der Waals surface area contributed by atoms with Crippen LogP contribution in [0.15, 0.2) is 18.2 Å². The second kappa shape index (κ2) is 5.07. The Bertz CT molecular complexity index is 676. The van der Waals surface area contributed by atoms with Crippen LogP contribution in [0.2, 0.25) is 0 Å². The largest absolute Gasteiger partial charge is 0.488 e. The highest BCUT2D eigenvalue weighted by Crippen LogP contribution is 2.54. The summed E-state index contributed by atoms with van der Waals surface area (Å²) < 4.78 is 5.43. The lowest BCUT2D eigenvalue weighted by Crippen LogP contribution is -2.50. The van der Waals surface area contributed by atoms with Gasteiger partial charge in [-0.25, -0.2) is 4.79 Å². The fourth-order valence-electron chi connectivity index (χ4n) is 3.09. The van der Waals surface area contributed by atoms with Crippen molar-refractivity contribution >= 4 is 24.5 Å². The molecule has 6 nitrogen and oxygen atoms in total. The minimum Gasteiger partial charge on any atom is -0.444 e. The summed E-state index contributed by atoms with van der Waals surface area (Å²) in [5.74, 6) is -0.164. The first-order chi connectivity index (χ1) is 10.6. The topological polar surface area (TPSA) is 87.1 Å². The van der Waals surface area contributed by atoms with Crippen molar-refractivity contribution in [3.63, 3.8) is 0 Å². The molecule has 0 unspecified atom stereocenters. The highest BCUT2D eigenvalue weighted by molar-refractivity contribution is 6.58. The second-order valence-corrected chi connectivity index (χ2v) is 7.20. The highest BCUT2D eigenvalue weighted by atomic mass is 16.6. The number of ether oxygens (including phenoxy) is 1. The average Bonchev–Trinajstić information content (AvgIpc) is 3.22. The molecule has 1 aliphatic carbocycles. The van der Waals surface area contributed by atoms with Gasteiger partial charge in [-0.1, -0.05) is 18.2 Å². The Balaban J connectivity index is 2.01. The number of ketones is 1. The maximum atomic E-state index is 12.5. The summed E-state index contributed by atoms with van der Waals surface area (Å²) in [6.07, 6.45) is 0.957. The zero-order valence-electron chi connectivity index (χ0n) is 13.5. The average molecular weight is 317 g/mol. The molecule has 0 saturated heterocycles. The molecule has 122 valence electrons. The van der Waals surface area contributed by atoms with E-state index in [0.29, 0.717) is 16.6 Å². The van der Waals surface area contributed by atoms with Crippen molar-refractivity contribution in [1.29, 1.82) is 0 Å². The smallest absolute Gasteiger partial charge is 0.444 e. The summed E-state index contributed by atoms with van der Waals surface area (Å²) in [5.41, 5.74) is 0.349. The summed E-state index contributed by atoms with van der Waals surface area (Å²) >= 11 is 0. The Hall–Kier alpha value is -1.86. The molecule has 1 saturated carbocycles. The van der Waals surface area contributed by atoms with Crippen LogP contribution in [0.5, 0.6) is 0 Å². The normalized spacial score (nSPS) is 18.7. The molecule has 2 N–H and O–H groups in total. The summed E-state index contributed by atoms with van der Waals surface area (Å²) in [7, 11) is -1.61. The molecule has 0 aromatic heterocycles. The molecule has 1 amide bonds. The number of benzene rings is 1. The van der Waals surface area contributed by atoms with E-state index in [4.69, 9.17) is 4.74 Å². The molecule has 3 rings (SSSR count). The van der Waals surface area contributed by atoms with Gasteiger partial charge in [-0.05, 0) is 44.6 Å². The number of hydrogen-bond donors (Lipinski definition) is 2. The van der Waals surface area contributed by atoms with E-state index in [2.05, 4.69) is 0 Å².